The summed E-state index contributed by atoms with van der Waals surface area (Å²) < 4.78 is 21.3. The summed E-state index contributed by atoms with van der Waals surface area (Å²) in [5.41, 5.74) is 2.23. The lowest BCUT2D eigenvalue weighted by Crippen LogP contribution is -2.21. The van der Waals surface area contributed by atoms with E-state index in [4.69, 9.17) is 4.74 Å². The molecule has 0 saturated carbocycles. The molecule has 0 radical (unpaired) electrons. The zero-order chi connectivity index (χ0) is 34.0. The van der Waals surface area contributed by atoms with Crippen molar-refractivity contribution in [1.29, 1.82) is 0 Å². The number of halogens is 1. The first-order valence-corrected chi connectivity index (χ1v) is 17.0. The molecule has 3 heterocycles. The van der Waals surface area contributed by atoms with Gasteiger partial charge in [0.2, 0.25) is 0 Å². The molecule has 0 unspecified atom stereocenters. The number of rotatable bonds is 15. The van der Waals surface area contributed by atoms with E-state index in [-0.39, 0.29) is 24.7 Å². The predicted octanol–water partition coefficient (Wildman–Crippen LogP) is 6.27. The number of nitrogens with zero attached hydrogens (tertiary/aromatic N) is 6. The predicted molar refractivity (Wildman–Crippen MR) is 188 cm³/mol. The standard InChI is InChI=1S/C34H36FN7O4S2/c1-22-20-29(39-40-31(22)38-33-36-25-11-4-5-12-27(25)47-33)42(17-6-7-18-43)34-37-30(32(44)45)28(48-34)13-9-19-46-26-15-14-23(21-24(26)35)10-8-16-41(2)3/h4-5,11-12,14-15,20-21,43H,6-7,9,13,16-19H2,1-3H3,(H,44,45)(H,36,38,40). The van der Waals surface area contributed by atoms with Crippen molar-refractivity contribution in [3.63, 3.8) is 0 Å². The monoisotopic (exact) mass is 689 g/mol. The number of para-hydroxylation sites is 1. The van der Waals surface area contributed by atoms with E-state index < -0.39 is 11.8 Å². The van der Waals surface area contributed by atoms with Crippen LogP contribution in [0, 0.1) is 24.6 Å². The minimum Gasteiger partial charge on any atom is -0.491 e. The molecule has 0 spiro atoms. The van der Waals surface area contributed by atoms with Gasteiger partial charge < -0.3 is 25.2 Å². The highest BCUT2D eigenvalue weighted by molar-refractivity contribution is 7.22. The number of thiazole rings is 2. The number of ether oxygens (including phenoxy) is 1. The third-order valence-corrected chi connectivity index (χ3v) is 9.13. The molecule has 0 aliphatic carbocycles. The van der Waals surface area contributed by atoms with Gasteiger partial charge in [0, 0.05) is 23.6 Å². The maximum Gasteiger partial charge on any atom is 0.355 e. The van der Waals surface area contributed by atoms with Gasteiger partial charge in [-0.2, -0.15) is 0 Å². The fraction of sp³-hybridized carbons (Fsp3) is 0.324. The number of aliphatic hydroxyl groups is 1. The number of anilines is 4. The quantitative estimate of drug-likeness (QED) is 0.0848. The third-order valence-electron chi connectivity index (χ3n) is 7.04. The third kappa shape index (κ3) is 9.02. The van der Waals surface area contributed by atoms with Crippen molar-refractivity contribution in [2.24, 2.45) is 0 Å². The van der Waals surface area contributed by atoms with Gasteiger partial charge >= 0.3 is 5.97 Å². The number of fused-ring (bicyclic) bond motifs is 1. The summed E-state index contributed by atoms with van der Waals surface area (Å²) in [5, 5.41) is 32.7. The van der Waals surface area contributed by atoms with Crippen molar-refractivity contribution < 1.29 is 24.1 Å². The molecule has 0 atom stereocenters. The van der Waals surface area contributed by atoms with Crippen LogP contribution < -0.4 is 15.0 Å². The molecule has 250 valence electrons. The average Bonchev–Trinajstić information content (AvgIpc) is 3.67. The molecule has 11 nitrogen and oxygen atoms in total. The number of carbonyl (C=O) groups is 1. The topological polar surface area (TPSA) is 137 Å². The minimum absolute atomic E-state index is 0.0280. The number of carboxylic acid groups (broad SMARTS) is 1. The van der Waals surface area contributed by atoms with Gasteiger partial charge in [0.15, 0.2) is 39.2 Å². The van der Waals surface area contributed by atoms with E-state index in [1.54, 1.807) is 12.1 Å². The Kier molecular flexibility index (Phi) is 11.9. The van der Waals surface area contributed by atoms with E-state index in [9.17, 15) is 19.4 Å². The molecular weight excluding hydrogens is 654 g/mol. The Labute approximate surface area is 286 Å². The van der Waals surface area contributed by atoms with E-state index >= 15 is 0 Å². The van der Waals surface area contributed by atoms with Crippen molar-refractivity contribution >= 4 is 60.8 Å². The molecule has 14 heteroatoms. The molecule has 5 rings (SSSR count). The summed E-state index contributed by atoms with van der Waals surface area (Å²) >= 11 is 2.77. The number of aliphatic hydroxyl groups excluding tert-OH is 1. The Morgan fingerprint density at radius 2 is 1.90 bits per heavy atom. The SMILES string of the molecule is Cc1cc(N(CCCCO)c2nc(C(=O)O)c(CCCOc3ccc(C#CCN(C)C)cc3F)s2)nnc1Nc1nc2ccccc2s1. The highest BCUT2D eigenvalue weighted by atomic mass is 32.1. The second-order valence-electron chi connectivity index (χ2n) is 11.1. The maximum absolute atomic E-state index is 14.6. The molecule has 0 saturated heterocycles. The highest BCUT2D eigenvalue weighted by Crippen LogP contribution is 2.34. The van der Waals surface area contributed by atoms with Gasteiger partial charge in [-0.25, -0.2) is 19.2 Å². The van der Waals surface area contributed by atoms with Crippen LogP contribution in [0.3, 0.4) is 0 Å². The van der Waals surface area contributed by atoms with Crippen LogP contribution in [0.5, 0.6) is 5.75 Å². The Morgan fingerprint density at radius 1 is 1.06 bits per heavy atom. The van der Waals surface area contributed by atoms with Gasteiger partial charge in [0.1, 0.15) is 0 Å². The fourth-order valence-corrected chi connectivity index (χ4v) is 6.64. The number of hydrogen-bond acceptors (Lipinski definition) is 12. The molecule has 0 aliphatic heterocycles. The number of aromatic carboxylic acids is 1. The van der Waals surface area contributed by atoms with Crippen LogP contribution in [0.1, 0.15) is 45.8 Å². The van der Waals surface area contributed by atoms with E-state index in [0.717, 1.165) is 15.8 Å². The molecular formula is C34H36FN7O4S2. The Bertz CT molecular complexity index is 1900. The smallest absolute Gasteiger partial charge is 0.355 e. The van der Waals surface area contributed by atoms with Crippen molar-refractivity contribution in [2.75, 3.05) is 50.6 Å². The van der Waals surface area contributed by atoms with Gasteiger partial charge in [-0.3, -0.25) is 4.90 Å². The first kappa shape index (κ1) is 34.6. The summed E-state index contributed by atoms with van der Waals surface area (Å²) in [6.45, 7) is 3.14. The molecule has 0 aliphatic rings. The Hall–Kier alpha value is -4.68. The number of nitrogens with one attached hydrogen (secondary N) is 1. The zero-order valence-corrected chi connectivity index (χ0v) is 28.5. The maximum atomic E-state index is 14.6. The van der Waals surface area contributed by atoms with Gasteiger partial charge in [0.05, 0.1) is 23.4 Å². The molecule has 2 aromatic carbocycles. The normalized spacial score (nSPS) is 11.0. The zero-order valence-electron chi connectivity index (χ0n) is 26.9. The van der Waals surface area contributed by atoms with E-state index in [1.807, 2.05) is 61.2 Å². The first-order valence-electron chi connectivity index (χ1n) is 15.4. The molecule has 0 bridgehead atoms. The summed E-state index contributed by atoms with van der Waals surface area (Å²) in [5.74, 6) is 5.43. The van der Waals surface area contributed by atoms with Crippen LogP contribution in [-0.4, -0.2) is 81.6 Å². The van der Waals surface area contributed by atoms with Crippen LogP contribution in [-0.2, 0) is 6.42 Å². The van der Waals surface area contributed by atoms with Crippen molar-refractivity contribution in [1.82, 2.24) is 25.1 Å². The number of unbranched alkanes of at least 4 members (excludes halogenated alkanes) is 1. The van der Waals surface area contributed by atoms with E-state index in [1.165, 1.54) is 28.7 Å². The van der Waals surface area contributed by atoms with Gasteiger partial charge in [-0.15, -0.1) is 21.5 Å². The molecule has 5 aromatic rings. The van der Waals surface area contributed by atoms with Gasteiger partial charge in [0.25, 0.3) is 0 Å². The molecule has 3 N–H and O–H groups in total. The number of carboxylic acids is 1. The van der Waals surface area contributed by atoms with E-state index in [2.05, 4.69) is 37.3 Å². The fourth-order valence-electron chi connectivity index (χ4n) is 4.64. The minimum atomic E-state index is -1.14. The summed E-state index contributed by atoms with van der Waals surface area (Å²) in [4.78, 5) is 25.6. The molecule has 0 fully saturated rings. The Balaban J connectivity index is 1.28. The lowest BCUT2D eigenvalue weighted by molar-refractivity contribution is 0.0690. The van der Waals surface area contributed by atoms with E-state index in [0.29, 0.717) is 71.1 Å². The van der Waals surface area contributed by atoms with Gasteiger partial charge in [-0.1, -0.05) is 35.3 Å². The number of aryl methyl sites for hydroxylation is 2. The number of aromatic nitrogens is 4. The van der Waals surface area contributed by atoms with Crippen molar-refractivity contribution in [3.8, 4) is 17.6 Å². The number of benzene rings is 2. The van der Waals surface area contributed by atoms with Crippen LogP contribution in [0.2, 0.25) is 0 Å². The summed E-state index contributed by atoms with van der Waals surface area (Å²) in [6, 6.07) is 14.3. The van der Waals surface area contributed by atoms with Crippen molar-refractivity contribution in [2.45, 2.75) is 32.6 Å². The summed E-state index contributed by atoms with van der Waals surface area (Å²) in [7, 11) is 3.82. The summed E-state index contributed by atoms with van der Waals surface area (Å²) in [6.07, 6.45) is 2.00. The Morgan fingerprint density at radius 3 is 2.62 bits per heavy atom. The largest absolute Gasteiger partial charge is 0.491 e. The number of hydrogen-bond donors (Lipinski definition) is 3. The lowest BCUT2D eigenvalue weighted by atomic mass is 10.2. The molecule has 48 heavy (non-hydrogen) atoms. The van der Waals surface area contributed by atoms with Crippen LogP contribution >= 0.6 is 22.7 Å². The molecule has 0 amide bonds. The van der Waals surface area contributed by atoms with Crippen molar-refractivity contribution in [3.05, 3.63) is 76.0 Å². The second kappa shape index (κ2) is 16.4. The lowest BCUT2D eigenvalue weighted by Gasteiger charge is -2.21. The van der Waals surface area contributed by atoms with Crippen LogP contribution in [0.25, 0.3) is 10.2 Å². The van der Waals surface area contributed by atoms with Gasteiger partial charge in [-0.05, 0) is 88.7 Å². The van der Waals surface area contributed by atoms with Crippen LogP contribution in [0.15, 0.2) is 48.5 Å². The molecule has 3 aromatic heterocycles. The highest BCUT2D eigenvalue weighted by Gasteiger charge is 2.23. The second-order valence-corrected chi connectivity index (χ2v) is 13.2. The first-order chi connectivity index (χ1) is 23.2. The average molecular weight is 690 g/mol. The van der Waals surface area contributed by atoms with Crippen LogP contribution in [0.4, 0.5) is 26.3 Å².